The molecule has 2 rings (SSSR count). The minimum absolute atomic E-state index is 0.0646. The third-order valence-electron chi connectivity index (χ3n) is 5.22. The number of benzene rings is 2. The Labute approximate surface area is 210 Å². The third-order valence-corrected chi connectivity index (χ3v) is 5.22. The van der Waals surface area contributed by atoms with Gasteiger partial charge in [-0.05, 0) is 36.2 Å². The van der Waals surface area contributed by atoms with Gasteiger partial charge in [0, 0.05) is 18.1 Å². The van der Waals surface area contributed by atoms with Crippen molar-refractivity contribution in [3.05, 3.63) is 74.8 Å². The smallest absolute Gasteiger partial charge is 0.416 e. The number of nitrogens with one attached hydrogen (secondary N) is 1. The fourth-order valence-corrected chi connectivity index (χ4v) is 3.54. The third kappa shape index (κ3) is 8.18. The van der Waals surface area contributed by atoms with E-state index in [0.29, 0.717) is 12.1 Å². The van der Waals surface area contributed by atoms with Crippen molar-refractivity contribution in [2.75, 3.05) is 6.61 Å². The van der Waals surface area contributed by atoms with Gasteiger partial charge < -0.3 is 15.2 Å². The first kappa shape index (κ1) is 30.1. The van der Waals surface area contributed by atoms with Gasteiger partial charge >= 0.3 is 24.3 Å². The number of nitrogens with zero attached hydrogens (tertiary/aromatic N) is 1. The summed E-state index contributed by atoms with van der Waals surface area (Å²) in [5, 5.41) is 22.7. The van der Waals surface area contributed by atoms with Gasteiger partial charge in [-0.15, -0.1) is 0 Å². The van der Waals surface area contributed by atoms with Crippen molar-refractivity contribution in [2.45, 2.75) is 44.1 Å². The number of esters is 1. The first-order chi connectivity index (χ1) is 17.5. The van der Waals surface area contributed by atoms with Gasteiger partial charge in [0.2, 0.25) is 5.91 Å². The topological polar surface area (TPSA) is 136 Å². The Bertz CT molecular complexity index is 1160. The molecule has 2 N–H and O–H groups in total. The van der Waals surface area contributed by atoms with E-state index in [0.717, 1.165) is 24.3 Å². The number of carbonyl (C=O) groups is 3. The van der Waals surface area contributed by atoms with E-state index < -0.39 is 76.6 Å². The summed E-state index contributed by atoms with van der Waals surface area (Å²) in [6.07, 6.45) is -12.0. The molecule has 0 saturated heterocycles. The van der Waals surface area contributed by atoms with Gasteiger partial charge in [0.15, 0.2) is 0 Å². The minimum atomic E-state index is -5.16. The van der Waals surface area contributed by atoms with Gasteiger partial charge in [0.1, 0.15) is 6.04 Å². The Morgan fingerprint density at radius 3 is 1.95 bits per heavy atom. The maximum absolute atomic E-state index is 13.1. The molecule has 0 aliphatic carbocycles. The van der Waals surface area contributed by atoms with Crippen LogP contribution in [0.5, 0.6) is 0 Å². The zero-order valence-corrected chi connectivity index (χ0v) is 19.4. The monoisotopic (exact) mass is 550 g/mol. The van der Waals surface area contributed by atoms with Gasteiger partial charge in [-0.2, -0.15) is 26.3 Å². The average Bonchev–Trinajstić information content (AvgIpc) is 2.80. The summed E-state index contributed by atoms with van der Waals surface area (Å²) in [5.41, 5.74) is -4.29. The van der Waals surface area contributed by atoms with Crippen LogP contribution in [0.3, 0.4) is 0 Å². The maximum atomic E-state index is 13.1. The number of rotatable bonds is 10. The Kier molecular flexibility index (Phi) is 9.43. The summed E-state index contributed by atoms with van der Waals surface area (Å²) in [5.74, 6) is -5.18. The zero-order chi connectivity index (χ0) is 28.8. The molecular weight excluding hydrogens is 530 g/mol. The van der Waals surface area contributed by atoms with Crippen molar-refractivity contribution in [2.24, 2.45) is 0 Å². The summed E-state index contributed by atoms with van der Waals surface area (Å²) in [6, 6.07) is 2.98. The number of hydrogen-bond donors (Lipinski definition) is 2. The maximum Gasteiger partial charge on any atom is 0.416 e. The highest BCUT2D eigenvalue weighted by atomic mass is 19.4. The molecule has 9 nitrogen and oxygen atoms in total. The minimum Gasteiger partial charge on any atom is -0.480 e. The average molecular weight is 550 g/mol. The Balaban J connectivity index is 2.41. The van der Waals surface area contributed by atoms with Crippen LogP contribution in [0.25, 0.3) is 0 Å². The number of aliphatic carboxylic acids is 1. The lowest BCUT2D eigenvalue weighted by Gasteiger charge is -2.25. The number of carbonyl (C=O) groups excluding carboxylic acids is 2. The summed E-state index contributed by atoms with van der Waals surface area (Å²) in [7, 11) is 0. The van der Waals surface area contributed by atoms with Crippen molar-refractivity contribution in [1.29, 1.82) is 0 Å². The molecule has 2 atom stereocenters. The zero-order valence-electron chi connectivity index (χ0n) is 19.4. The number of halogens is 6. The molecule has 1 amide bonds. The molecule has 0 fully saturated rings. The van der Waals surface area contributed by atoms with E-state index in [1.807, 2.05) is 5.32 Å². The van der Waals surface area contributed by atoms with Crippen LogP contribution in [0.1, 0.15) is 41.5 Å². The van der Waals surface area contributed by atoms with Crippen LogP contribution < -0.4 is 5.32 Å². The van der Waals surface area contributed by atoms with Gasteiger partial charge in [0.25, 0.3) is 5.69 Å². The quantitative estimate of drug-likeness (QED) is 0.193. The molecule has 0 saturated carbocycles. The number of carboxylic acid groups (broad SMARTS) is 1. The SMILES string of the molecule is CCOC(=O)C[C@@H](c1ccc([N+](=O)[O-])cc1)[C@@H](NC(=O)Cc1cc(C(F)(F)F)cc(C(F)(F)F)c1)C(=O)O. The molecule has 2 aromatic rings. The summed E-state index contributed by atoms with van der Waals surface area (Å²) in [6.45, 7) is 1.40. The number of amides is 1. The van der Waals surface area contributed by atoms with Gasteiger partial charge in [0.05, 0.1) is 35.5 Å². The van der Waals surface area contributed by atoms with E-state index >= 15 is 0 Å². The van der Waals surface area contributed by atoms with Crippen LogP contribution in [0.4, 0.5) is 32.0 Å². The number of hydrogen-bond acceptors (Lipinski definition) is 6. The molecule has 0 unspecified atom stereocenters. The lowest BCUT2D eigenvalue weighted by Crippen LogP contribution is -2.46. The molecule has 0 bridgehead atoms. The van der Waals surface area contributed by atoms with Gasteiger partial charge in [-0.3, -0.25) is 19.7 Å². The molecule has 2 aromatic carbocycles. The predicted molar refractivity (Wildman–Crippen MR) is 117 cm³/mol. The fraction of sp³-hybridized carbons (Fsp3) is 0.348. The van der Waals surface area contributed by atoms with Crippen LogP contribution >= 0.6 is 0 Å². The van der Waals surface area contributed by atoms with Crippen LogP contribution in [0, 0.1) is 10.1 Å². The Morgan fingerprint density at radius 2 is 1.53 bits per heavy atom. The molecule has 0 heterocycles. The van der Waals surface area contributed by atoms with Crippen LogP contribution in [0.15, 0.2) is 42.5 Å². The van der Waals surface area contributed by atoms with E-state index in [1.54, 1.807) is 0 Å². The molecule has 15 heteroatoms. The summed E-state index contributed by atoms with van der Waals surface area (Å²) < 4.78 is 83.5. The second-order valence-corrected chi connectivity index (χ2v) is 7.94. The first-order valence-corrected chi connectivity index (χ1v) is 10.7. The highest BCUT2D eigenvalue weighted by Crippen LogP contribution is 2.36. The standard InChI is InChI=1S/C23H20F6N2O7/c1-2-38-19(33)11-17(13-3-5-16(6-4-13)31(36)37)20(21(34)35)30-18(32)9-12-7-14(22(24,25)26)10-15(8-12)23(27,28)29/h3-8,10,17,20H,2,9,11H2,1H3,(H,30,32)(H,34,35)/t17-,20+/m0/s1. The summed E-state index contributed by atoms with van der Waals surface area (Å²) >= 11 is 0. The second kappa shape index (κ2) is 11.9. The van der Waals surface area contributed by atoms with E-state index in [1.165, 1.54) is 6.92 Å². The van der Waals surface area contributed by atoms with Crippen LogP contribution in [-0.4, -0.2) is 40.5 Å². The van der Waals surface area contributed by atoms with Crippen molar-refractivity contribution < 1.29 is 55.5 Å². The van der Waals surface area contributed by atoms with E-state index in [2.05, 4.69) is 0 Å². The predicted octanol–water partition coefficient (Wildman–Crippen LogP) is 4.48. The lowest BCUT2D eigenvalue weighted by molar-refractivity contribution is -0.384. The fourth-order valence-electron chi connectivity index (χ4n) is 3.54. The number of nitro benzene ring substituents is 1. The highest BCUT2D eigenvalue weighted by molar-refractivity contribution is 5.86. The van der Waals surface area contributed by atoms with Crippen molar-refractivity contribution in [3.8, 4) is 0 Å². The Morgan fingerprint density at radius 1 is 1.00 bits per heavy atom. The summed E-state index contributed by atoms with van der Waals surface area (Å²) in [4.78, 5) is 46.9. The van der Waals surface area contributed by atoms with Crippen molar-refractivity contribution >= 4 is 23.5 Å². The number of alkyl halides is 6. The highest BCUT2D eigenvalue weighted by Gasteiger charge is 2.38. The molecule has 38 heavy (non-hydrogen) atoms. The van der Waals surface area contributed by atoms with E-state index in [-0.39, 0.29) is 23.9 Å². The van der Waals surface area contributed by atoms with Gasteiger partial charge in [-0.1, -0.05) is 12.1 Å². The second-order valence-electron chi connectivity index (χ2n) is 7.94. The van der Waals surface area contributed by atoms with Crippen LogP contribution in [-0.2, 0) is 37.9 Å². The molecule has 0 aliphatic rings. The lowest BCUT2D eigenvalue weighted by atomic mass is 9.88. The van der Waals surface area contributed by atoms with Crippen molar-refractivity contribution in [1.82, 2.24) is 5.32 Å². The first-order valence-electron chi connectivity index (χ1n) is 10.7. The number of ether oxygens (including phenoxy) is 1. The van der Waals surface area contributed by atoms with Crippen molar-refractivity contribution in [3.63, 3.8) is 0 Å². The van der Waals surface area contributed by atoms with E-state index in [9.17, 15) is 55.9 Å². The Hall–Kier alpha value is -4.17. The normalized spacial score (nSPS) is 13.3. The number of nitro groups is 1. The largest absolute Gasteiger partial charge is 0.480 e. The van der Waals surface area contributed by atoms with E-state index in [4.69, 9.17) is 4.74 Å². The molecule has 206 valence electrons. The number of non-ortho nitro benzene ring substituents is 1. The number of carboxylic acids is 1. The molecule has 0 aromatic heterocycles. The molecule has 0 radical (unpaired) electrons. The van der Waals surface area contributed by atoms with Gasteiger partial charge in [-0.25, -0.2) is 4.79 Å². The molecule has 0 aliphatic heterocycles. The molecule has 0 spiro atoms. The molecular formula is C23H20F6N2O7. The van der Waals surface area contributed by atoms with Crippen LogP contribution in [0.2, 0.25) is 0 Å².